The highest BCUT2D eigenvalue weighted by Gasteiger charge is 2.36. The highest BCUT2D eigenvalue weighted by atomic mass is 19.1. The summed E-state index contributed by atoms with van der Waals surface area (Å²) in [6.07, 6.45) is 2.28. The number of amides is 2. The van der Waals surface area contributed by atoms with Crippen molar-refractivity contribution in [3.05, 3.63) is 47.8 Å². The number of para-hydroxylation sites is 1. The van der Waals surface area contributed by atoms with Crippen LogP contribution in [0, 0.1) is 5.82 Å². The van der Waals surface area contributed by atoms with Crippen molar-refractivity contribution in [3.8, 4) is 11.6 Å². The average molecular weight is 529 g/mol. The smallest absolute Gasteiger partial charge is 0.410 e. The van der Waals surface area contributed by atoms with E-state index in [1.165, 1.54) is 18.1 Å². The third-order valence-electron chi connectivity index (χ3n) is 6.61. The first-order valence-corrected chi connectivity index (χ1v) is 13.1. The fourth-order valence-electron chi connectivity index (χ4n) is 4.78. The summed E-state index contributed by atoms with van der Waals surface area (Å²) in [6, 6.07) is 10.4. The van der Waals surface area contributed by atoms with Crippen LogP contribution in [0.4, 0.5) is 15.0 Å². The largest absolute Gasteiger partial charge is 0.490 e. The number of piperidine rings is 1. The second-order valence-electron chi connectivity index (χ2n) is 10.6. The van der Waals surface area contributed by atoms with Gasteiger partial charge in [-0.25, -0.2) is 9.18 Å². The average Bonchev–Trinajstić information content (AvgIpc) is 3.38. The van der Waals surface area contributed by atoms with Crippen molar-refractivity contribution < 1.29 is 28.2 Å². The Kier molecular flexibility index (Phi) is 8.58. The van der Waals surface area contributed by atoms with E-state index in [1.807, 2.05) is 35.2 Å². The van der Waals surface area contributed by atoms with Crippen molar-refractivity contribution in [1.82, 2.24) is 15.2 Å². The Morgan fingerprint density at radius 1 is 1.11 bits per heavy atom. The summed E-state index contributed by atoms with van der Waals surface area (Å²) < 4.78 is 32.1. The van der Waals surface area contributed by atoms with Gasteiger partial charge in [0.15, 0.2) is 11.6 Å². The van der Waals surface area contributed by atoms with Gasteiger partial charge in [0.25, 0.3) is 0 Å². The molecule has 38 heavy (non-hydrogen) atoms. The molecule has 1 aromatic heterocycles. The Labute approximate surface area is 223 Å². The number of halogens is 1. The Morgan fingerprint density at radius 2 is 1.82 bits per heavy atom. The molecule has 1 atom stereocenters. The molecule has 0 saturated carbocycles. The molecular formula is C28H37FN4O5. The van der Waals surface area contributed by atoms with Gasteiger partial charge in [0.05, 0.1) is 7.11 Å². The summed E-state index contributed by atoms with van der Waals surface area (Å²) in [4.78, 5) is 33.2. The topological polar surface area (TPSA) is 93.2 Å². The number of aromatic nitrogens is 1. The molecule has 2 aliphatic heterocycles. The predicted octanol–water partition coefficient (Wildman–Crippen LogP) is 4.29. The number of benzene rings is 1. The molecule has 10 heteroatoms. The van der Waals surface area contributed by atoms with Gasteiger partial charge in [-0.3, -0.25) is 9.69 Å². The van der Waals surface area contributed by atoms with E-state index in [-0.39, 0.29) is 30.3 Å². The second-order valence-corrected chi connectivity index (χ2v) is 10.6. The molecule has 3 heterocycles. The van der Waals surface area contributed by atoms with Crippen LogP contribution in [0.5, 0.6) is 11.6 Å². The monoisotopic (exact) mass is 528 g/mol. The summed E-state index contributed by atoms with van der Waals surface area (Å²) in [5, 5.41) is 2.81. The van der Waals surface area contributed by atoms with E-state index in [9.17, 15) is 9.59 Å². The van der Waals surface area contributed by atoms with Crippen molar-refractivity contribution in [3.63, 3.8) is 0 Å². The summed E-state index contributed by atoms with van der Waals surface area (Å²) in [5.41, 5.74) is -0.227. The lowest BCUT2D eigenvalue weighted by molar-refractivity contribution is -0.125. The van der Waals surface area contributed by atoms with Crippen LogP contribution in [-0.4, -0.2) is 66.4 Å². The molecule has 2 aliphatic rings. The minimum absolute atomic E-state index is 0.0256. The van der Waals surface area contributed by atoms with Crippen LogP contribution in [0.25, 0.3) is 0 Å². The van der Waals surface area contributed by atoms with Crippen LogP contribution < -0.4 is 19.7 Å². The SMILES string of the molecule is COc1nc(N2CCC(Oc3ccccc3)CC2)c(F)cc1CNC(=O)[C@@H]1CCCN1C(=O)OC(C)(C)C. The van der Waals surface area contributed by atoms with Gasteiger partial charge >= 0.3 is 6.09 Å². The number of anilines is 1. The van der Waals surface area contributed by atoms with E-state index in [0.717, 1.165) is 18.6 Å². The van der Waals surface area contributed by atoms with Crippen LogP contribution in [0.3, 0.4) is 0 Å². The highest BCUT2D eigenvalue weighted by Crippen LogP contribution is 2.29. The number of pyridine rings is 1. The predicted molar refractivity (Wildman–Crippen MR) is 141 cm³/mol. The van der Waals surface area contributed by atoms with E-state index >= 15 is 4.39 Å². The lowest BCUT2D eigenvalue weighted by atomic mass is 10.1. The molecule has 9 nitrogen and oxygen atoms in total. The van der Waals surface area contributed by atoms with Gasteiger partial charge in [0.1, 0.15) is 23.5 Å². The van der Waals surface area contributed by atoms with Gasteiger partial charge in [-0.2, -0.15) is 4.98 Å². The summed E-state index contributed by atoms with van der Waals surface area (Å²) in [6.45, 7) is 7.04. The van der Waals surface area contributed by atoms with E-state index in [4.69, 9.17) is 14.2 Å². The molecule has 1 aromatic carbocycles. The van der Waals surface area contributed by atoms with Gasteiger partial charge in [-0.1, -0.05) is 18.2 Å². The van der Waals surface area contributed by atoms with E-state index in [0.29, 0.717) is 38.0 Å². The summed E-state index contributed by atoms with van der Waals surface area (Å²) >= 11 is 0. The van der Waals surface area contributed by atoms with Crippen LogP contribution >= 0.6 is 0 Å². The number of carbonyl (C=O) groups excluding carboxylic acids is 2. The lowest BCUT2D eigenvalue weighted by Crippen LogP contribution is -2.47. The Balaban J connectivity index is 1.36. The van der Waals surface area contributed by atoms with Gasteiger partial charge in [-0.05, 0) is 51.8 Å². The zero-order valence-electron chi connectivity index (χ0n) is 22.5. The zero-order valence-corrected chi connectivity index (χ0v) is 22.5. The lowest BCUT2D eigenvalue weighted by Gasteiger charge is -2.33. The maximum absolute atomic E-state index is 15.2. The van der Waals surface area contributed by atoms with Crippen LogP contribution in [0.1, 0.15) is 52.0 Å². The fraction of sp³-hybridized carbons (Fsp3) is 0.536. The molecule has 0 aliphatic carbocycles. The Morgan fingerprint density at radius 3 is 2.47 bits per heavy atom. The van der Waals surface area contributed by atoms with Crippen molar-refractivity contribution in [2.45, 2.75) is 70.7 Å². The Bertz CT molecular complexity index is 1120. The molecule has 2 amide bonds. The fourth-order valence-corrected chi connectivity index (χ4v) is 4.78. The van der Waals surface area contributed by atoms with Crippen molar-refractivity contribution in [2.24, 2.45) is 0 Å². The number of rotatable bonds is 7. The number of ether oxygens (including phenoxy) is 3. The normalized spacial score (nSPS) is 18.3. The first kappa shape index (κ1) is 27.5. The van der Waals surface area contributed by atoms with Crippen LogP contribution in [0.15, 0.2) is 36.4 Å². The standard InChI is InChI=1S/C28H37FN4O5/c1-28(2,3)38-27(35)33-14-8-11-23(33)25(34)30-18-19-17-22(29)24(31-26(19)36-4)32-15-12-21(13-16-32)37-20-9-6-5-7-10-20/h5-7,9-10,17,21,23H,8,11-16,18H2,1-4H3,(H,30,34)/t23-/m0/s1. The van der Waals surface area contributed by atoms with Crippen molar-refractivity contribution in [1.29, 1.82) is 0 Å². The first-order chi connectivity index (χ1) is 18.1. The number of methoxy groups -OCH3 is 1. The number of carbonyl (C=O) groups is 2. The molecule has 2 saturated heterocycles. The van der Waals surface area contributed by atoms with Crippen LogP contribution in [0.2, 0.25) is 0 Å². The number of nitrogens with zero attached hydrogens (tertiary/aromatic N) is 3. The number of nitrogens with one attached hydrogen (secondary N) is 1. The highest BCUT2D eigenvalue weighted by molar-refractivity contribution is 5.86. The minimum atomic E-state index is -0.650. The maximum Gasteiger partial charge on any atom is 0.410 e. The molecule has 2 fully saturated rings. The van der Waals surface area contributed by atoms with Crippen molar-refractivity contribution in [2.75, 3.05) is 31.6 Å². The molecule has 0 unspecified atom stereocenters. The third kappa shape index (κ3) is 6.85. The van der Waals surface area contributed by atoms with Gasteiger partial charge in [-0.15, -0.1) is 0 Å². The first-order valence-electron chi connectivity index (χ1n) is 13.1. The molecule has 2 aromatic rings. The third-order valence-corrected chi connectivity index (χ3v) is 6.61. The van der Waals surface area contributed by atoms with Crippen LogP contribution in [-0.2, 0) is 16.1 Å². The Hall–Kier alpha value is -3.56. The summed E-state index contributed by atoms with van der Waals surface area (Å²) in [7, 11) is 1.47. The maximum atomic E-state index is 15.2. The minimum Gasteiger partial charge on any atom is -0.490 e. The molecule has 4 rings (SSSR count). The zero-order chi connectivity index (χ0) is 27.3. The molecule has 1 N–H and O–H groups in total. The molecule has 206 valence electrons. The second kappa shape index (κ2) is 11.9. The molecule has 0 bridgehead atoms. The van der Waals surface area contributed by atoms with Gasteiger partial charge < -0.3 is 24.4 Å². The number of hydrogen-bond donors (Lipinski definition) is 1. The van der Waals surface area contributed by atoms with Gasteiger partial charge in [0.2, 0.25) is 11.8 Å². The quantitative estimate of drug-likeness (QED) is 0.573. The molecular weight excluding hydrogens is 491 g/mol. The van der Waals surface area contributed by atoms with E-state index in [1.54, 1.807) is 20.8 Å². The van der Waals surface area contributed by atoms with Gasteiger partial charge in [0, 0.05) is 44.6 Å². The molecule has 0 radical (unpaired) electrons. The molecule has 0 spiro atoms. The van der Waals surface area contributed by atoms with Crippen molar-refractivity contribution >= 4 is 17.8 Å². The number of hydrogen-bond acceptors (Lipinski definition) is 7. The number of likely N-dealkylation sites (tertiary alicyclic amines) is 1. The van der Waals surface area contributed by atoms with E-state index in [2.05, 4.69) is 10.3 Å². The van der Waals surface area contributed by atoms with E-state index < -0.39 is 23.6 Å². The summed E-state index contributed by atoms with van der Waals surface area (Å²) in [5.74, 6) is 0.506.